The van der Waals surface area contributed by atoms with Gasteiger partial charge in [0.15, 0.2) is 0 Å². The Bertz CT molecular complexity index is 518. The topological polar surface area (TPSA) is 57.6 Å². The van der Waals surface area contributed by atoms with Crippen LogP contribution in [0.4, 0.5) is 0 Å². The van der Waals surface area contributed by atoms with Crippen LogP contribution >= 0.6 is 11.6 Å². The summed E-state index contributed by atoms with van der Waals surface area (Å²) in [5.41, 5.74) is 1.03. The number of amides is 1. The highest BCUT2D eigenvalue weighted by molar-refractivity contribution is 6.31. The maximum Gasteiger partial charge on any atom is 0.303 e. The minimum atomic E-state index is -0.828. The fourth-order valence-electron chi connectivity index (χ4n) is 2.45. The van der Waals surface area contributed by atoms with Gasteiger partial charge in [-0.2, -0.15) is 0 Å². The minimum Gasteiger partial charge on any atom is -0.481 e. The average molecular weight is 296 g/mol. The van der Waals surface area contributed by atoms with Crippen LogP contribution in [0.15, 0.2) is 24.3 Å². The molecule has 2 rings (SSSR count). The molecule has 1 N–H and O–H groups in total. The molecule has 1 aliphatic carbocycles. The van der Waals surface area contributed by atoms with Gasteiger partial charge in [0.2, 0.25) is 5.91 Å². The zero-order valence-corrected chi connectivity index (χ0v) is 12.1. The lowest BCUT2D eigenvalue weighted by Gasteiger charge is -2.16. The molecule has 0 heterocycles. The van der Waals surface area contributed by atoms with E-state index in [-0.39, 0.29) is 24.2 Å². The predicted octanol–water partition coefficient (Wildman–Crippen LogP) is 2.77. The van der Waals surface area contributed by atoms with Gasteiger partial charge in [-0.15, -0.1) is 0 Å². The Labute approximate surface area is 123 Å². The Kier molecular flexibility index (Phi) is 4.65. The highest BCUT2D eigenvalue weighted by Crippen LogP contribution is 2.50. The molecule has 5 heteroatoms. The van der Waals surface area contributed by atoms with E-state index in [2.05, 4.69) is 0 Å². The van der Waals surface area contributed by atoms with Crippen molar-refractivity contribution < 1.29 is 14.7 Å². The summed E-state index contributed by atoms with van der Waals surface area (Å²) >= 11 is 6.14. The second kappa shape index (κ2) is 6.27. The predicted molar refractivity (Wildman–Crippen MR) is 76.8 cm³/mol. The number of carboxylic acid groups (broad SMARTS) is 1. The number of hydrogen-bond donors (Lipinski definition) is 1. The Morgan fingerprint density at radius 3 is 2.75 bits per heavy atom. The lowest BCUT2D eigenvalue weighted by Crippen LogP contribution is -2.29. The first-order chi connectivity index (χ1) is 9.50. The summed E-state index contributed by atoms with van der Waals surface area (Å²) in [5, 5.41) is 9.30. The summed E-state index contributed by atoms with van der Waals surface area (Å²) in [6.07, 6.45) is 1.41. The Morgan fingerprint density at radius 2 is 2.10 bits per heavy atom. The molecule has 0 aromatic heterocycles. The van der Waals surface area contributed by atoms with E-state index in [1.807, 2.05) is 24.3 Å². The quantitative estimate of drug-likeness (QED) is 0.878. The number of aliphatic carboxylic acids is 1. The second-order valence-corrected chi connectivity index (χ2v) is 5.63. The van der Waals surface area contributed by atoms with Gasteiger partial charge in [0, 0.05) is 31.0 Å². The molecule has 108 valence electrons. The fraction of sp³-hybridized carbons (Fsp3) is 0.467. The molecule has 0 saturated heterocycles. The summed E-state index contributed by atoms with van der Waals surface area (Å²) in [5.74, 6) is -0.547. The average Bonchev–Trinajstić information content (AvgIpc) is 3.18. The largest absolute Gasteiger partial charge is 0.481 e. The SMILES string of the molecule is CN(CCCC(=O)O)C(=O)[C@H]1C[C@H]1c1ccccc1Cl. The number of nitrogens with zero attached hydrogens (tertiary/aromatic N) is 1. The summed E-state index contributed by atoms with van der Waals surface area (Å²) in [6, 6.07) is 7.61. The maximum absolute atomic E-state index is 12.2. The number of hydrogen-bond acceptors (Lipinski definition) is 2. The number of carboxylic acids is 1. The van der Waals surface area contributed by atoms with E-state index in [0.717, 1.165) is 12.0 Å². The maximum atomic E-state index is 12.2. The smallest absolute Gasteiger partial charge is 0.303 e. The molecule has 0 spiro atoms. The molecular weight excluding hydrogens is 278 g/mol. The van der Waals surface area contributed by atoms with E-state index < -0.39 is 5.97 Å². The van der Waals surface area contributed by atoms with Crippen LogP contribution in [0.5, 0.6) is 0 Å². The van der Waals surface area contributed by atoms with E-state index in [1.54, 1.807) is 11.9 Å². The lowest BCUT2D eigenvalue weighted by atomic mass is 10.1. The van der Waals surface area contributed by atoms with E-state index >= 15 is 0 Å². The molecule has 0 aliphatic heterocycles. The minimum absolute atomic E-state index is 0.00951. The van der Waals surface area contributed by atoms with Gasteiger partial charge < -0.3 is 10.0 Å². The van der Waals surface area contributed by atoms with Crippen LogP contribution < -0.4 is 0 Å². The summed E-state index contributed by atoms with van der Waals surface area (Å²) < 4.78 is 0. The summed E-state index contributed by atoms with van der Waals surface area (Å²) in [4.78, 5) is 24.3. The van der Waals surface area contributed by atoms with Crippen molar-refractivity contribution in [3.63, 3.8) is 0 Å². The zero-order valence-electron chi connectivity index (χ0n) is 11.4. The van der Waals surface area contributed by atoms with Crippen LogP contribution in [0.2, 0.25) is 5.02 Å². The van der Waals surface area contributed by atoms with Crippen LogP contribution in [-0.4, -0.2) is 35.5 Å². The molecule has 1 amide bonds. The van der Waals surface area contributed by atoms with Gasteiger partial charge in [-0.05, 0) is 30.4 Å². The Balaban J connectivity index is 1.86. The van der Waals surface area contributed by atoms with Crippen LogP contribution in [0.25, 0.3) is 0 Å². The van der Waals surface area contributed by atoms with Gasteiger partial charge in [-0.3, -0.25) is 9.59 Å². The van der Waals surface area contributed by atoms with Crippen molar-refractivity contribution in [3.8, 4) is 0 Å². The molecule has 1 aromatic carbocycles. The van der Waals surface area contributed by atoms with Gasteiger partial charge in [-0.1, -0.05) is 29.8 Å². The Hall–Kier alpha value is -1.55. The van der Waals surface area contributed by atoms with Crippen molar-refractivity contribution in [2.45, 2.75) is 25.2 Å². The van der Waals surface area contributed by atoms with Crippen LogP contribution in [0.1, 0.15) is 30.7 Å². The third-order valence-corrected chi connectivity index (χ3v) is 4.02. The van der Waals surface area contributed by atoms with Crippen LogP contribution in [0.3, 0.4) is 0 Å². The molecule has 1 fully saturated rings. The van der Waals surface area contributed by atoms with Crippen molar-refractivity contribution in [2.75, 3.05) is 13.6 Å². The lowest BCUT2D eigenvalue weighted by molar-refractivity contribution is -0.138. The van der Waals surface area contributed by atoms with Crippen LogP contribution in [0, 0.1) is 5.92 Å². The molecular formula is C15H18ClNO3. The number of halogens is 1. The number of benzene rings is 1. The third-order valence-electron chi connectivity index (χ3n) is 3.67. The van der Waals surface area contributed by atoms with E-state index in [4.69, 9.17) is 16.7 Å². The van der Waals surface area contributed by atoms with Crippen molar-refractivity contribution in [2.24, 2.45) is 5.92 Å². The fourth-order valence-corrected chi connectivity index (χ4v) is 2.72. The summed E-state index contributed by atoms with van der Waals surface area (Å²) in [6.45, 7) is 0.483. The monoisotopic (exact) mass is 295 g/mol. The first-order valence-electron chi connectivity index (χ1n) is 6.72. The molecule has 1 aliphatic rings. The highest BCUT2D eigenvalue weighted by Gasteiger charge is 2.45. The molecule has 4 nitrogen and oxygen atoms in total. The van der Waals surface area contributed by atoms with Gasteiger partial charge in [0.25, 0.3) is 0 Å². The molecule has 1 aromatic rings. The molecule has 2 atom stereocenters. The van der Waals surface area contributed by atoms with Crippen molar-refractivity contribution in [1.82, 2.24) is 4.90 Å². The van der Waals surface area contributed by atoms with E-state index in [9.17, 15) is 9.59 Å². The standard InChI is InChI=1S/C15H18ClNO3/c1-17(8-4-7-14(18)19)15(20)12-9-11(12)10-5-2-3-6-13(10)16/h2-3,5-6,11-12H,4,7-9H2,1H3,(H,18,19)/t11-,12-/m0/s1. The number of rotatable bonds is 6. The molecule has 0 unspecified atom stereocenters. The molecule has 0 radical (unpaired) electrons. The number of carbonyl (C=O) groups is 2. The van der Waals surface area contributed by atoms with E-state index in [0.29, 0.717) is 18.0 Å². The normalized spacial score (nSPS) is 20.5. The summed E-state index contributed by atoms with van der Waals surface area (Å²) in [7, 11) is 1.73. The zero-order chi connectivity index (χ0) is 14.7. The van der Waals surface area contributed by atoms with Crippen molar-refractivity contribution >= 4 is 23.5 Å². The second-order valence-electron chi connectivity index (χ2n) is 5.23. The van der Waals surface area contributed by atoms with Gasteiger partial charge in [0.1, 0.15) is 0 Å². The van der Waals surface area contributed by atoms with Crippen molar-refractivity contribution in [3.05, 3.63) is 34.9 Å². The van der Waals surface area contributed by atoms with Crippen LogP contribution in [-0.2, 0) is 9.59 Å². The van der Waals surface area contributed by atoms with Gasteiger partial charge >= 0.3 is 5.97 Å². The molecule has 1 saturated carbocycles. The first-order valence-corrected chi connectivity index (χ1v) is 7.09. The van der Waals surface area contributed by atoms with Gasteiger partial charge in [-0.25, -0.2) is 0 Å². The number of carbonyl (C=O) groups excluding carboxylic acids is 1. The first kappa shape index (κ1) is 14.9. The molecule has 0 bridgehead atoms. The van der Waals surface area contributed by atoms with Crippen molar-refractivity contribution in [1.29, 1.82) is 0 Å². The molecule has 20 heavy (non-hydrogen) atoms. The third kappa shape index (κ3) is 3.51. The van der Waals surface area contributed by atoms with Gasteiger partial charge in [0.05, 0.1) is 0 Å². The van der Waals surface area contributed by atoms with E-state index in [1.165, 1.54) is 0 Å². The highest BCUT2D eigenvalue weighted by atomic mass is 35.5. The Morgan fingerprint density at radius 1 is 1.40 bits per heavy atom.